The van der Waals surface area contributed by atoms with E-state index in [9.17, 15) is 14.3 Å². The van der Waals surface area contributed by atoms with E-state index >= 15 is 0 Å². The molecule has 0 radical (unpaired) electrons. The van der Waals surface area contributed by atoms with Crippen molar-refractivity contribution in [3.05, 3.63) is 58.3 Å². The molecule has 8 nitrogen and oxygen atoms in total. The maximum absolute atomic E-state index is 14.1. The zero-order valence-electron chi connectivity index (χ0n) is 18.0. The summed E-state index contributed by atoms with van der Waals surface area (Å²) in [7, 11) is 2.02. The van der Waals surface area contributed by atoms with Crippen LogP contribution in [0.15, 0.2) is 30.6 Å². The largest absolute Gasteiger partial charge is 0.489 e. The van der Waals surface area contributed by atoms with Crippen LogP contribution in [0.4, 0.5) is 4.39 Å². The molecule has 2 fully saturated rings. The number of fused-ring (bicyclic) bond motifs is 5. The smallest absolute Gasteiger partial charge is 0.258 e. The van der Waals surface area contributed by atoms with Crippen LogP contribution >= 0.6 is 11.6 Å². The number of hydrogen-bond donors (Lipinski definition) is 1. The predicted octanol–water partition coefficient (Wildman–Crippen LogP) is 2.65. The van der Waals surface area contributed by atoms with Crippen molar-refractivity contribution in [2.75, 3.05) is 7.05 Å². The number of amides is 1. The van der Waals surface area contributed by atoms with Crippen LogP contribution in [-0.4, -0.2) is 66.8 Å². The van der Waals surface area contributed by atoms with Crippen LogP contribution in [0, 0.1) is 5.82 Å². The van der Waals surface area contributed by atoms with Crippen molar-refractivity contribution in [2.24, 2.45) is 0 Å². The van der Waals surface area contributed by atoms with E-state index < -0.39 is 5.82 Å². The number of nitrogens with zero attached hydrogens (tertiary/aromatic N) is 5. The lowest BCUT2D eigenvalue weighted by molar-refractivity contribution is 0.0392. The Labute approximate surface area is 194 Å². The number of aliphatic hydroxyl groups is 1. The summed E-state index contributed by atoms with van der Waals surface area (Å²) in [5, 5.41) is 15.3. The summed E-state index contributed by atoms with van der Waals surface area (Å²) in [6.07, 6.45) is 4.76. The van der Waals surface area contributed by atoms with Crippen LogP contribution in [-0.2, 0) is 13.1 Å². The average molecular weight is 472 g/mol. The van der Waals surface area contributed by atoms with Crippen molar-refractivity contribution < 1.29 is 19.0 Å². The molecule has 6 rings (SSSR count). The minimum Gasteiger partial charge on any atom is -0.489 e. The molecule has 2 saturated heterocycles. The minimum atomic E-state index is -0.457. The number of ether oxygens (including phenoxy) is 1. The molecule has 10 heteroatoms. The van der Waals surface area contributed by atoms with Crippen molar-refractivity contribution in [3.63, 3.8) is 0 Å². The van der Waals surface area contributed by atoms with Crippen molar-refractivity contribution in [1.82, 2.24) is 24.4 Å². The topological polar surface area (TPSA) is 83.2 Å². The second-order valence-electron chi connectivity index (χ2n) is 9.17. The van der Waals surface area contributed by atoms with E-state index in [-0.39, 0.29) is 35.9 Å². The van der Waals surface area contributed by atoms with E-state index in [4.69, 9.17) is 16.3 Å². The molecule has 4 atom stereocenters. The fraction of sp³-hybridized carbons (Fsp3) is 0.435. The van der Waals surface area contributed by atoms with E-state index in [2.05, 4.69) is 15.0 Å². The van der Waals surface area contributed by atoms with Gasteiger partial charge in [0, 0.05) is 36.3 Å². The fourth-order valence-corrected chi connectivity index (χ4v) is 5.62. The Morgan fingerprint density at radius 1 is 1.27 bits per heavy atom. The molecule has 2 bridgehead atoms. The first-order chi connectivity index (χ1) is 15.9. The minimum absolute atomic E-state index is 0.0207. The molecule has 5 heterocycles. The number of carbonyl (C=O) groups excluding carboxylic acids is 1. The molecular formula is C23H23ClFN5O3. The molecule has 33 heavy (non-hydrogen) atoms. The van der Waals surface area contributed by atoms with Crippen molar-refractivity contribution in [3.8, 4) is 5.75 Å². The summed E-state index contributed by atoms with van der Waals surface area (Å²) in [5.41, 5.74) is 2.64. The van der Waals surface area contributed by atoms with Gasteiger partial charge in [0.05, 0.1) is 41.7 Å². The molecule has 3 unspecified atom stereocenters. The predicted molar refractivity (Wildman–Crippen MR) is 118 cm³/mol. The number of piperidine rings is 1. The van der Waals surface area contributed by atoms with Crippen LogP contribution in [0.5, 0.6) is 5.75 Å². The van der Waals surface area contributed by atoms with Gasteiger partial charge in [0.2, 0.25) is 0 Å². The molecule has 3 aliphatic rings. The Bertz CT molecular complexity index is 1270. The Morgan fingerprint density at radius 3 is 2.94 bits per heavy atom. The van der Waals surface area contributed by atoms with Crippen LogP contribution < -0.4 is 4.74 Å². The SMILES string of the molecule is CN1C2CC(Oc3cc(F)ccc3C(=O)N3Cc4nn5cc(Cl)cnc5c4C3)CC1[C@@H](O)C2. The van der Waals surface area contributed by atoms with E-state index in [1.54, 1.807) is 21.8 Å². The highest BCUT2D eigenvalue weighted by Gasteiger charge is 2.45. The monoisotopic (exact) mass is 471 g/mol. The number of carbonyl (C=O) groups is 1. The number of hydrogen-bond acceptors (Lipinski definition) is 6. The lowest BCUT2D eigenvalue weighted by atomic mass is 10.00. The van der Waals surface area contributed by atoms with Gasteiger partial charge in [-0.25, -0.2) is 13.9 Å². The maximum atomic E-state index is 14.1. The summed E-state index contributed by atoms with van der Waals surface area (Å²) >= 11 is 6.00. The normalized spacial score (nSPS) is 26.7. The Balaban J connectivity index is 1.24. The van der Waals surface area contributed by atoms with Crippen LogP contribution in [0.25, 0.3) is 5.65 Å². The molecule has 1 N–H and O–H groups in total. The third-order valence-corrected chi connectivity index (χ3v) is 7.36. The van der Waals surface area contributed by atoms with Gasteiger partial charge in [0.25, 0.3) is 5.91 Å². The summed E-state index contributed by atoms with van der Waals surface area (Å²) in [4.78, 5) is 21.6. The first-order valence-corrected chi connectivity index (χ1v) is 11.4. The standard InChI is InChI=1S/C23H23ClFN5O3/c1-28-14-5-15(7-19(28)20(31)6-14)33-21-4-13(25)2-3-16(21)23(32)29-10-17-18(11-29)27-30-9-12(24)8-26-22(17)30/h2-4,8-9,14-15,19-20,31H,5-7,10-11H2,1H3/t14?,15?,19?,20-/m0/s1. The lowest BCUT2D eigenvalue weighted by Crippen LogP contribution is -2.46. The number of halogens is 2. The summed E-state index contributed by atoms with van der Waals surface area (Å²) in [6, 6.07) is 4.28. The van der Waals surface area contributed by atoms with Crippen LogP contribution in [0.3, 0.4) is 0 Å². The Morgan fingerprint density at radius 2 is 2.12 bits per heavy atom. The molecule has 0 aliphatic carbocycles. The quantitative estimate of drug-likeness (QED) is 0.632. The second kappa shape index (κ2) is 7.65. The van der Waals surface area contributed by atoms with Gasteiger partial charge in [-0.1, -0.05) is 11.6 Å². The lowest BCUT2D eigenvalue weighted by Gasteiger charge is -2.36. The Hall–Kier alpha value is -2.75. The summed E-state index contributed by atoms with van der Waals surface area (Å²) < 4.78 is 21.9. The highest BCUT2D eigenvalue weighted by Crippen LogP contribution is 2.37. The summed E-state index contributed by atoms with van der Waals surface area (Å²) in [6.45, 7) is 0.685. The van der Waals surface area contributed by atoms with Gasteiger partial charge < -0.3 is 14.7 Å². The molecule has 172 valence electrons. The van der Waals surface area contributed by atoms with Crippen LogP contribution in [0.1, 0.15) is 40.9 Å². The third kappa shape index (κ3) is 3.46. The zero-order valence-corrected chi connectivity index (χ0v) is 18.7. The molecule has 1 amide bonds. The van der Waals surface area contributed by atoms with E-state index in [0.29, 0.717) is 42.2 Å². The number of benzene rings is 1. The molecule has 2 aromatic heterocycles. The average Bonchev–Trinajstić information content (AvgIpc) is 3.36. The molecule has 1 aromatic carbocycles. The number of rotatable bonds is 3. The Kier molecular flexibility index (Phi) is 4.83. The molecular weight excluding hydrogens is 449 g/mol. The molecule has 0 saturated carbocycles. The van der Waals surface area contributed by atoms with Gasteiger partial charge in [-0.2, -0.15) is 5.10 Å². The molecule has 3 aliphatic heterocycles. The van der Waals surface area contributed by atoms with E-state index in [1.165, 1.54) is 18.2 Å². The number of aliphatic hydroxyl groups excluding tert-OH is 1. The summed E-state index contributed by atoms with van der Waals surface area (Å²) in [5.74, 6) is -0.459. The maximum Gasteiger partial charge on any atom is 0.258 e. The first kappa shape index (κ1) is 20.8. The third-order valence-electron chi connectivity index (χ3n) is 7.16. The number of aromatic nitrogens is 3. The van der Waals surface area contributed by atoms with Gasteiger partial charge in [-0.15, -0.1) is 0 Å². The van der Waals surface area contributed by atoms with Crippen molar-refractivity contribution in [2.45, 2.75) is 56.6 Å². The van der Waals surface area contributed by atoms with Crippen LogP contribution in [0.2, 0.25) is 5.02 Å². The highest BCUT2D eigenvalue weighted by molar-refractivity contribution is 6.30. The molecule has 0 spiro atoms. The highest BCUT2D eigenvalue weighted by atomic mass is 35.5. The van der Waals surface area contributed by atoms with Gasteiger partial charge in [-0.05, 0) is 32.0 Å². The van der Waals surface area contributed by atoms with E-state index in [1.807, 2.05) is 7.05 Å². The zero-order chi connectivity index (χ0) is 22.9. The van der Waals surface area contributed by atoms with Gasteiger partial charge in [0.15, 0.2) is 5.65 Å². The van der Waals surface area contributed by atoms with E-state index in [0.717, 1.165) is 17.7 Å². The first-order valence-electron chi connectivity index (χ1n) is 11.0. The number of likely N-dealkylation sites (N-methyl/N-ethyl adjacent to an activating group) is 1. The van der Waals surface area contributed by atoms with Gasteiger partial charge >= 0.3 is 0 Å². The fourth-order valence-electron chi connectivity index (χ4n) is 5.48. The van der Waals surface area contributed by atoms with Crippen molar-refractivity contribution in [1.29, 1.82) is 0 Å². The molecule has 3 aromatic rings. The van der Waals surface area contributed by atoms with Gasteiger partial charge in [0.1, 0.15) is 17.7 Å². The second-order valence-corrected chi connectivity index (χ2v) is 9.60. The van der Waals surface area contributed by atoms with Gasteiger partial charge in [-0.3, -0.25) is 9.69 Å². The van der Waals surface area contributed by atoms with Crippen molar-refractivity contribution >= 4 is 23.2 Å².